The second-order valence-electron chi connectivity index (χ2n) is 11.5. The highest BCUT2D eigenvalue weighted by atomic mass is 35.5. The molecule has 0 bridgehead atoms. The van der Waals surface area contributed by atoms with Crippen molar-refractivity contribution in [3.05, 3.63) is 102 Å². The number of nitrogens with zero attached hydrogens (tertiary/aromatic N) is 3. The molecule has 4 rings (SSSR count). The molecule has 3 atom stereocenters. The van der Waals surface area contributed by atoms with Crippen LogP contribution in [-0.2, 0) is 41.7 Å². The van der Waals surface area contributed by atoms with Gasteiger partial charge in [-0.2, -0.15) is 0 Å². The third kappa shape index (κ3) is 9.98. The van der Waals surface area contributed by atoms with Crippen LogP contribution in [0.3, 0.4) is 0 Å². The van der Waals surface area contributed by atoms with Crippen LogP contribution in [0, 0.1) is 0 Å². The van der Waals surface area contributed by atoms with Crippen LogP contribution >= 0.6 is 34.8 Å². The van der Waals surface area contributed by atoms with E-state index in [9.17, 15) is 43.5 Å². The Kier molecular flexibility index (Phi) is 13.6. The van der Waals surface area contributed by atoms with E-state index < -0.39 is 72.1 Å². The van der Waals surface area contributed by atoms with E-state index in [4.69, 9.17) is 44.6 Å². The molecular weight excluding hydrogens is 749 g/mol. The number of carboxylic acids is 2. The average Bonchev–Trinajstić information content (AvgIpc) is 3.33. The Bertz CT molecular complexity index is 2000. The van der Waals surface area contributed by atoms with Crippen LogP contribution in [0.4, 0.5) is 0 Å². The number of fused-ring (bicyclic) bond motifs is 1. The number of allylic oxidation sites excluding steroid dienone is 1. The molecule has 19 heteroatoms. The Hall–Kier alpha value is -5.19. The van der Waals surface area contributed by atoms with Crippen LogP contribution in [0.5, 0.6) is 0 Å². The van der Waals surface area contributed by atoms with Crippen LogP contribution in [0.1, 0.15) is 53.7 Å². The zero-order valence-corrected chi connectivity index (χ0v) is 29.4. The first-order chi connectivity index (χ1) is 24.7. The number of benzene rings is 2. The lowest BCUT2D eigenvalue weighted by Gasteiger charge is -2.27. The van der Waals surface area contributed by atoms with E-state index in [1.54, 1.807) is 24.3 Å². The minimum atomic E-state index is -1.74. The third-order valence-corrected chi connectivity index (χ3v) is 8.74. The van der Waals surface area contributed by atoms with Gasteiger partial charge in [-0.1, -0.05) is 65.2 Å². The number of rotatable bonds is 17. The maximum atomic E-state index is 13.6. The van der Waals surface area contributed by atoms with E-state index in [0.29, 0.717) is 10.6 Å². The van der Waals surface area contributed by atoms with Gasteiger partial charge in [0.15, 0.2) is 18.4 Å². The van der Waals surface area contributed by atoms with Crippen LogP contribution in [0.15, 0.2) is 64.2 Å². The largest absolute Gasteiger partial charge is 0.481 e. The van der Waals surface area contributed by atoms with Crippen molar-refractivity contribution in [1.29, 1.82) is 0 Å². The van der Waals surface area contributed by atoms with Crippen LogP contribution in [-0.4, -0.2) is 78.8 Å². The number of halogens is 3. The molecule has 1 aromatic heterocycles. The van der Waals surface area contributed by atoms with Crippen LogP contribution in [0.25, 0.3) is 0 Å². The first-order valence-corrected chi connectivity index (χ1v) is 16.8. The van der Waals surface area contributed by atoms with Gasteiger partial charge in [0, 0.05) is 24.5 Å². The van der Waals surface area contributed by atoms with Crippen molar-refractivity contribution in [3.8, 4) is 0 Å². The molecule has 0 radical (unpaired) electrons. The second kappa shape index (κ2) is 17.8. The van der Waals surface area contributed by atoms with Gasteiger partial charge in [0.1, 0.15) is 6.04 Å². The fourth-order valence-electron chi connectivity index (χ4n) is 5.35. The molecule has 0 saturated carbocycles. The lowest BCUT2D eigenvalue weighted by molar-refractivity contribution is -0.141. The van der Waals surface area contributed by atoms with Gasteiger partial charge in [-0.25, -0.2) is 28.3 Å². The molecule has 1 aliphatic rings. The summed E-state index contributed by atoms with van der Waals surface area (Å²) in [6.45, 7) is -1.22. The minimum absolute atomic E-state index is 0.0493. The maximum absolute atomic E-state index is 13.6. The van der Waals surface area contributed by atoms with Crippen molar-refractivity contribution in [2.45, 2.75) is 56.8 Å². The van der Waals surface area contributed by atoms with Crippen LogP contribution in [0.2, 0.25) is 15.1 Å². The fraction of sp³-hybridized carbons (Fsp3) is 0.333. The number of ketones is 1. The summed E-state index contributed by atoms with van der Waals surface area (Å²) in [7, 11) is 0. The Labute approximate surface area is 309 Å². The number of ether oxygens (including phenoxy) is 1. The zero-order chi connectivity index (χ0) is 38.1. The number of nitrogens with one attached hydrogen (secondary N) is 2. The van der Waals surface area contributed by atoms with Crippen molar-refractivity contribution in [1.82, 2.24) is 24.6 Å². The van der Waals surface area contributed by atoms with Crippen molar-refractivity contribution < 1.29 is 43.7 Å². The summed E-state index contributed by atoms with van der Waals surface area (Å²) in [6.07, 6.45) is 1.50. The monoisotopic (exact) mass is 779 g/mol. The maximum Gasteiger partial charge on any atom is 0.348 e. The molecular formula is C33H32Cl3N5O11. The van der Waals surface area contributed by atoms with E-state index in [0.717, 1.165) is 13.9 Å². The minimum Gasteiger partial charge on any atom is -0.481 e. The predicted octanol–water partition coefficient (Wildman–Crippen LogP) is 2.42. The van der Waals surface area contributed by atoms with Crippen molar-refractivity contribution in [3.63, 3.8) is 0 Å². The predicted molar refractivity (Wildman–Crippen MR) is 186 cm³/mol. The van der Waals surface area contributed by atoms with Gasteiger partial charge >= 0.3 is 29.3 Å². The zero-order valence-electron chi connectivity index (χ0n) is 27.1. The summed E-state index contributed by atoms with van der Waals surface area (Å²) in [4.78, 5) is 102. The molecule has 16 nitrogen and oxygen atoms in total. The standard InChI is InChI=1S/C33H32Cl3N5O11/c34-19-8-6-18(7-9-19)15-26(43)37-13-12-20-10-11-24(41-33(51)39(32(50)40(20)41)14-2-5-27(44)45)30(48)38-23(16-28(46)47)25(42)17-52-31(49)29-21(35)3-1-4-22(29)36/h1,3-4,6-11,20,23-24H,2,5,12-17H2,(H,37,43)(H,38,48)(H,44,45)(H,46,47). The summed E-state index contributed by atoms with van der Waals surface area (Å²) >= 11 is 17.9. The number of amides is 2. The van der Waals surface area contributed by atoms with Crippen molar-refractivity contribution in [2.24, 2.45) is 0 Å². The number of Topliss-reactive ketones (excluding diaryl/α,β-unsaturated/α-hetero) is 1. The van der Waals surface area contributed by atoms with Crippen molar-refractivity contribution in [2.75, 3.05) is 13.2 Å². The van der Waals surface area contributed by atoms with Gasteiger partial charge in [0.2, 0.25) is 11.8 Å². The highest BCUT2D eigenvalue weighted by Crippen LogP contribution is 2.25. The number of carboxylic acid groups (broad SMARTS) is 2. The first-order valence-electron chi connectivity index (χ1n) is 15.7. The molecule has 3 aromatic rings. The molecule has 4 N–H and O–H groups in total. The Balaban J connectivity index is 1.53. The fourth-order valence-corrected chi connectivity index (χ4v) is 6.03. The summed E-state index contributed by atoms with van der Waals surface area (Å²) < 4.78 is 7.57. The number of carbonyl (C=O) groups is 6. The van der Waals surface area contributed by atoms with E-state index in [2.05, 4.69) is 10.6 Å². The lowest BCUT2D eigenvalue weighted by Crippen LogP contribution is -2.49. The topological polar surface area (TPSA) is 225 Å². The molecule has 3 unspecified atom stereocenters. The van der Waals surface area contributed by atoms with Gasteiger partial charge in [-0.15, -0.1) is 0 Å². The Morgan fingerprint density at radius 3 is 2.15 bits per heavy atom. The summed E-state index contributed by atoms with van der Waals surface area (Å²) in [6, 6.07) is 6.72. The van der Waals surface area contributed by atoms with Gasteiger partial charge in [0.05, 0.1) is 34.5 Å². The SMILES string of the molecule is O=C(O)CCCn1c(=O)n2n(c1=O)C(C(=O)NC(CC(=O)O)C(=O)COC(=O)c1c(Cl)cccc1Cl)C=CC2CCNC(=O)Cc1ccc(Cl)cc1. The number of aliphatic carboxylic acids is 2. The van der Waals surface area contributed by atoms with Gasteiger partial charge < -0.3 is 25.6 Å². The van der Waals surface area contributed by atoms with Gasteiger partial charge in [0.25, 0.3) is 0 Å². The summed E-state index contributed by atoms with van der Waals surface area (Å²) in [5, 5.41) is 23.9. The number of carbonyl (C=O) groups excluding carboxylic acids is 4. The molecule has 52 heavy (non-hydrogen) atoms. The summed E-state index contributed by atoms with van der Waals surface area (Å²) in [5.74, 6) is -6.12. The molecule has 2 heterocycles. The second-order valence-corrected chi connectivity index (χ2v) is 12.8. The summed E-state index contributed by atoms with van der Waals surface area (Å²) in [5.41, 5.74) is -1.35. The average molecular weight is 781 g/mol. The molecule has 1 aliphatic heterocycles. The Morgan fingerprint density at radius 1 is 0.865 bits per heavy atom. The Morgan fingerprint density at radius 2 is 1.52 bits per heavy atom. The normalized spacial score (nSPS) is 15.3. The van der Waals surface area contributed by atoms with E-state index in [1.165, 1.54) is 30.4 Å². The lowest BCUT2D eigenvalue weighted by atomic mass is 10.1. The molecule has 0 aliphatic carbocycles. The van der Waals surface area contributed by atoms with E-state index in [1.807, 2.05) is 0 Å². The van der Waals surface area contributed by atoms with Crippen molar-refractivity contribution >= 4 is 70.3 Å². The number of aromatic nitrogens is 3. The highest BCUT2D eigenvalue weighted by molar-refractivity contribution is 6.39. The first kappa shape index (κ1) is 39.6. The number of esters is 1. The van der Waals surface area contributed by atoms with Gasteiger partial charge in [-0.3, -0.25) is 24.0 Å². The van der Waals surface area contributed by atoms with Gasteiger partial charge in [-0.05, 0) is 42.7 Å². The van der Waals surface area contributed by atoms with Crippen LogP contribution < -0.4 is 22.0 Å². The molecule has 276 valence electrons. The highest BCUT2D eigenvalue weighted by Gasteiger charge is 2.35. The number of hydrogen-bond acceptors (Lipinski definition) is 9. The quantitative estimate of drug-likeness (QED) is 0.115. The molecule has 0 spiro atoms. The number of hydrogen-bond donors (Lipinski definition) is 4. The van der Waals surface area contributed by atoms with E-state index in [-0.39, 0.29) is 60.3 Å². The smallest absolute Gasteiger partial charge is 0.348 e. The molecule has 0 fully saturated rings. The molecule has 0 saturated heterocycles. The molecule has 2 aromatic carbocycles. The molecule has 2 amide bonds. The third-order valence-electron chi connectivity index (χ3n) is 7.86. The van der Waals surface area contributed by atoms with E-state index >= 15 is 0 Å².